The van der Waals surface area contributed by atoms with Gasteiger partial charge in [-0.05, 0) is 25.7 Å². The van der Waals surface area contributed by atoms with Crippen LogP contribution in [0.15, 0.2) is 30.3 Å². The lowest BCUT2D eigenvalue weighted by Crippen LogP contribution is -2.20. The van der Waals surface area contributed by atoms with E-state index in [9.17, 15) is 9.59 Å². The molecule has 1 aromatic heterocycles. The Hall–Kier alpha value is -2.50. The molecule has 0 saturated heterocycles. The van der Waals surface area contributed by atoms with Crippen LogP contribution < -0.4 is 0 Å². The summed E-state index contributed by atoms with van der Waals surface area (Å²) in [6.07, 6.45) is 4.06. The molecule has 0 N–H and O–H groups in total. The smallest absolute Gasteiger partial charge is 0.328 e. The highest BCUT2D eigenvalue weighted by Gasteiger charge is 2.23. The minimum absolute atomic E-state index is 0.0125. The number of Topliss-reactive ketones (excluding diaryl/α,β-unsaturated/α-hetero) is 1. The third kappa shape index (κ3) is 3.47. The molecule has 120 valence electrons. The van der Waals surface area contributed by atoms with Crippen molar-refractivity contribution in [1.82, 2.24) is 15.0 Å². The van der Waals surface area contributed by atoms with Gasteiger partial charge < -0.3 is 4.74 Å². The van der Waals surface area contributed by atoms with Gasteiger partial charge in [-0.3, -0.25) is 9.59 Å². The molecule has 0 atom stereocenters. The van der Waals surface area contributed by atoms with E-state index in [1.54, 1.807) is 0 Å². The van der Waals surface area contributed by atoms with Crippen LogP contribution >= 0.6 is 0 Å². The first-order chi connectivity index (χ1) is 11.1. The van der Waals surface area contributed by atoms with Crippen molar-refractivity contribution in [3.05, 3.63) is 36.0 Å². The summed E-state index contributed by atoms with van der Waals surface area (Å²) >= 11 is 0. The molecule has 0 unspecified atom stereocenters. The zero-order valence-electron chi connectivity index (χ0n) is 13.1. The second-order valence-electron chi connectivity index (χ2n) is 5.76. The van der Waals surface area contributed by atoms with Gasteiger partial charge in [0.2, 0.25) is 0 Å². The van der Waals surface area contributed by atoms with Crippen LogP contribution in [0.2, 0.25) is 0 Å². The minimum atomic E-state index is -0.339. The van der Waals surface area contributed by atoms with Gasteiger partial charge in [0.05, 0.1) is 0 Å². The van der Waals surface area contributed by atoms with E-state index < -0.39 is 0 Å². The van der Waals surface area contributed by atoms with Gasteiger partial charge in [0.15, 0.2) is 11.5 Å². The lowest BCUT2D eigenvalue weighted by molar-refractivity contribution is -0.149. The molecule has 2 aromatic rings. The van der Waals surface area contributed by atoms with Crippen molar-refractivity contribution in [2.24, 2.45) is 0 Å². The molecule has 1 aliphatic carbocycles. The number of ketones is 1. The van der Waals surface area contributed by atoms with Crippen LogP contribution in [0, 0.1) is 0 Å². The Balaban J connectivity index is 1.84. The predicted octanol–water partition coefficient (Wildman–Crippen LogP) is 2.63. The summed E-state index contributed by atoms with van der Waals surface area (Å²) in [7, 11) is 0. The molecule has 0 bridgehead atoms. The largest absolute Gasteiger partial charge is 0.461 e. The lowest BCUT2D eigenvalue weighted by atomic mass is 10.1. The first-order valence-corrected chi connectivity index (χ1v) is 7.84. The highest BCUT2D eigenvalue weighted by atomic mass is 16.5. The molecule has 0 amide bonds. The molecule has 1 aliphatic rings. The Morgan fingerprint density at radius 1 is 1.22 bits per heavy atom. The Morgan fingerprint density at radius 3 is 2.57 bits per heavy atom. The molecule has 1 heterocycles. The second kappa shape index (κ2) is 6.73. The van der Waals surface area contributed by atoms with E-state index in [2.05, 4.69) is 10.3 Å². The standard InChI is InChI=1S/C17H19N3O3/c1-12(21)16-17(13-7-3-2-4-8-13)20(19-18-16)11-15(22)23-14-9-5-6-10-14/h2-4,7-8,14H,5-6,9-11H2,1H3. The normalized spacial score (nSPS) is 14.8. The maximum absolute atomic E-state index is 12.1. The third-order valence-corrected chi connectivity index (χ3v) is 3.99. The molecule has 23 heavy (non-hydrogen) atoms. The second-order valence-corrected chi connectivity index (χ2v) is 5.76. The SMILES string of the molecule is CC(=O)c1nnn(CC(=O)OC2CCCC2)c1-c1ccccc1. The molecule has 0 spiro atoms. The van der Waals surface area contributed by atoms with Crippen molar-refractivity contribution in [3.8, 4) is 11.3 Å². The first kappa shape index (κ1) is 15.4. The highest BCUT2D eigenvalue weighted by molar-refractivity contribution is 5.98. The van der Waals surface area contributed by atoms with Crippen LogP contribution in [0.1, 0.15) is 43.1 Å². The number of benzene rings is 1. The van der Waals surface area contributed by atoms with Crippen molar-refractivity contribution in [2.75, 3.05) is 0 Å². The number of ether oxygens (including phenoxy) is 1. The minimum Gasteiger partial charge on any atom is -0.461 e. The van der Waals surface area contributed by atoms with E-state index in [0.717, 1.165) is 31.2 Å². The summed E-state index contributed by atoms with van der Waals surface area (Å²) in [5.41, 5.74) is 1.63. The number of carbonyl (C=O) groups is 2. The molecule has 1 fully saturated rings. The molecular formula is C17H19N3O3. The fourth-order valence-corrected chi connectivity index (χ4v) is 2.89. The number of nitrogens with zero attached hydrogens (tertiary/aromatic N) is 3. The van der Waals surface area contributed by atoms with Crippen LogP contribution in [-0.4, -0.2) is 32.9 Å². The van der Waals surface area contributed by atoms with Crippen molar-refractivity contribution >= 4 is 11.8 Å². The lowest BCUT2D eigenvalue weighted by Gasteiger charge is -2.12. The van der Waals surface area contributed by atoms with Gasteiger partial charge >= 0.3 is 5.97 Å². The van der Waals surface area contributed by atoms with Crippen LogP contribution in [-0.2, 0) is 16.1 Å². The fraction of sp³-hybridized carbons (Fsp3) is 0.412. The Morgan fingerprint density at radius 2 is 1.91 bits per heavy atom. The molecule has 1 aromatic carbocycles. The quantitative estimate of drug-likeness (QED) is 0.626. The molecule has 6 heteroatoms. The highest BCUT2D eigenvalue weighted by Crippen LogP contribution is 2.24. The van der Waals surface area contributed by atoms with Crippen molar-refractivity contribution in [2.45, 2.75) is 45.3 Å². The number of hydrogen-bond donors (Lipinski definition) is 0. The number of esters is 1. The predicted molar refractivity (Wildman–Crippen MR) is 83.8 cm³/mol. The van der Waals surface area contributed by atoms with Crippen LogP contribution in [0.5, 0.6) is 0 Å². The molecular weight excluding hydrogens is 294 g/mol. The summed E-state index contributed by atoms with van der Waals surface area (Å²) in [5.74, 6) is -0.520. The van der Waals surface area contributed by atoms with Crippen molar-refractivity contribution < 1.29 is 14.3 Å². The molecule has 6 nitrogen and oxygen atoms in total. The van der Waals surface area contributed by atoms with E-state index in [1.165, 1.54) is 11.6 Å². The van der Waals surface area contributed by atoms with Gasteiger partial charge in [0.1, 0.15) is 18.3 Å². The van der Waals surface area contributed by atoms with E-state index in [4.69, 9.17) is 4.74 Å². The first-order valence-electron chi connectivity index (χ1n) is 7.84. The van der Waals surface area contributed by atoms with E-state index in [1.807, 2.05) is 30.3 Å². The third-order valence-electron chi connectivity index (χ3n) is 3.99. The van der Waals surface area contributed by atoms with Gasteiger partial charge in [0, 0.05) is 12.5 Å². The molecule has 3 rings (SSSR count). The summed E-state index contributed by atoms with van der Waals surface area (Å²) in [4.78, 5) is 23.9. The maximum atomic E-state index is 12.1. The van der Waals surface area contributed by atoms with Crippen LogP contribution in [0.4, 0.5) is 0 Å². The van der Waals surface area contributed by atoms with Gasteiger partial charge in [-0.2, -0.15) is 0 Å². The topological polar surface area (TPSA) is 74.1 Å². The van der Waals surface area contributed by atoms with E-state index >= 15 is 0 Å². The number of aromatic nitrogens is 3. The Labute approximate surface area is 134 Å². The van der Waals surface area contributed by atoms with E-state index in [0.29, 0.717) is 5.69 Å². The van der Waals surface area contributed by atoms with Gasteiger partial charge in [-0.1, -0.05) is 35.5 Å². The number of rotatable bonds is 5. The van der Waals surface area contributed by atoms with E-state index in [-0.39, 0.29) is 30.1 Å². The summed E-state index contributed by atoms with van der Waals surface area (Å²) in [6.45, 7) is 1.40. The fourth-order valence-electron chi connectivity index (χ4n) is 2.89. The monoisotopic (exact) mass is 313 g/mol. The van der Waals surface area contributed by atoms with Crippen molar-refractivity contribution in [3.63, 3.8) is 0 Å². The summed E-state index contributed by atoms with van der Waals surface area (Å²) < 4.78 is 6.91. The zero-order chi connectivity index (χ0) is 16.2. The molecule has 1 saturated carbocycles. The molecule has 0 radical (unpaired) electrons. The van der Waals surface area contributed by atoms with Crippen LogP contribution in [0.3, 0.4) is 0 Å². The summed E-state index contributed by atoms with van der Waals surface area (Å²) in [5, 5.41) is 7.91. The summed E-state index contributed by atoms with van der Waals surface area (Å²) in [6, 6.07) is 9.36. The average molecular weight is 313 g/mol. The van der Waals surface area contributed by atoms with Gasteiger partial charge in [0.25, 0.3) is 0 Å². The molecule has 0 aliphatic heterocycles. The number of hydrogen-bond acceptors (Lipinski definition) is 5. The van der Waals surface area contributed by atoms with Gasteiger partial charge in [-0.15, -0.1) is 5.10 Å². The van der Waals surface area contributed by atoms with Crippen LogP contribution in [0.25, 0.3) is 11.3 Å². The number of carbonyl (C=O) groups excluding carboxylic acids is 2. The maximum Gasteiger partial charge on any atom is 0.328 e. The van der Waals surface area contributed by atoms with Gasteiger partial charge in [-0.25, -0.2) is 4.68 Å². The van der Waals surface area contributed by atoms with Crippen molar-refractivity contribution in [1.29, 1.82) is 0 Å². The Kier molecular flexibility index (Phi) is 4.50. The Bertz CT molecular complexity index is 703. The average Bonchev–Trinajstić information content (AvgIpc) is 3.17. The zero-order valence-corrected chi connectivity index (χ0v) is 13.1.